The molecule has 1 saturated carbocycles. The Morgan fingerprint density at radius 3 is 2.50 bits per heavy atom. The summed E-state index contributed by atoms with van der Waals surface area (Å²) in [6, 6.07) is 7.87. The van der Waals surface area contributed by atoms with E-state index >= 15 is 0 Å². The molecule has 7 nitrogen and oxygen atoms in total. The molecule has 0 unspecified atom stereocenters. The number of carbonyl (C=O) groups is 1. The van der Waals surface area contributed by atoms with Gasteiger partial charge in [0.15, 0.2) is 5.82 Å². The maximum Gasteiger partial charge on any atom is 0.306 e. The van der Waals surface area contributed by atoms with Crippen LogP contribution in [0.5, 0.6) is 5.75 Å². The Morgan fingerprint density at radius 1 is 1.13 bits per heavy atom. The third-order valence-corrected chi connectivity index (χ3v) is 5.83. The molecular weight excluding hydrogens is 382 g/mol. The molecule has 160 valence electrons. The lowest BCUT2D eigenvalue weighted by atomic mass is 9.97. The van der Waals surface area contributed by atoms with Crippen molar-refractivity contribution in [3.05, 3.63) is 36.2 Å². The Kier molecular flexibility index (Phi) is 6.47. The van der Waals surface area contributed by atoms with E-state index < -0.39 is 5.97 Å². The maximum atomic E-state index is 11.3. The molecule has 0 atom stereocenters. The number of nitrogens with zero attached hydrogens (tertiary/aromatic N) is 3. The summed E-state index contributed by atoms with van der Waals surface area (Å²) in [5.41, 5.74) is 2.85. The van der Waals surface area contributed by atoms with Crippen LogP contribution in [0.2, 0.25) is 0 Å². The summed E-state index contributed by atoms with van der Waals surface area (Å²) in [4.78, 5) is 23.3. The number of carboxylic acids is 1. The number of hydrogen-bond acceptors (Lipinski definition) is 6. The van der Waals surface area contributed by atoms with Gasteiger partial charge in [0.05, 0.1) is 18.2 Å². The van der Waals surface area contributed by atoms with Crippen LogP contribution >= 0.6 is 0 Å². The van der Waals surface area contributed by atoms with Gasteiger partial charge in [-0.2, -0.15) is 0 Å². The standard InChI is InChI=1S/C23H29N3O4/c1-29-12-13-30-20-6-4-17(5-7-20)21-22(25-19(15-24-21)14-16-2-3-16)26-10-8-18(9-11-26)23(27)28/h4-7,15-16,18H,2-3,8-14H2,1H3,(H,27,28). The molecule has 1 aliphatic heterocycles. The van der Waals surface area contributed by atoms with Crippen LogP contribution in [0.3, 0.4) is 0 Å². The van der Waals surface area contributed by atoms with E-state index in [1.54, 1.807) is 7.11 Å². The van der Waals surface area contributed by atoms with E-state index in [4.69, 9.17) is 19.4 Å². The van der Waals surface area contributed by atoms with Crippen LogP contribution in [0.1, 0.15) is 31.4 Å². The predicted octanol–water partition coefficient (Wildman–Crippen LogP) is 3.42. The van der Waals surface area contributed by atoms with Crippen LogP contribution < -0.4 is 9.64 Å². The van der Waals surface area contributed by atoms with Crippen molar-refractivity contribution in [2.24, 2.45) is 11.8 Å². The zero-order chi connectivity index (χ0) is 20.9. The van der Waals surface area contributed by atoms with Crippen molar-refractivity contribution in [1.29, 1.82) is 0 Å². The first kappa shape index (κ1) is 20.6. The molecule has 1 saturated heterocycles. The number of aliphatic carboxylic acids is 1. The van der Waals surface area contributed by atoms with E-state index in [2.05, 4.69) is 4.90 Å². The molecule has 1 N–H and O–H groups in total. The quantitative estimate of drug-likeness (QED) is 0.633. The van der Waals surface area contributed by atoms with Crippen LogP contribution in [0.15, 0.2) is 30.5 Å². The number of benzene rings is 1. The Bertz CT molecular complexity index is 859. The second kappa shape index (κ2) is 9.43. The fraction of sp³-hybridized carbons (Fsp3) is 0.522. The third kappa shape index (κ3) is 5.08. The molecule has 0 amide bonds. The van der Waals surface area contributed by atoms with Gasteiger partial charge in [0, 0.05) is 32.0 Å². The zero-order valence-electron chi connectivity index (χ0n) is 17.4. The number of rotatable bonds is 9. The highest BCUT2D eigenvalue weighted by Gasteiger charge is 2.28. The van der Waals surface area contributed by atoms with Gasteiger partial charge < -0.3 is 19.5 Å². The molecule has 4 rings (SSSR count). The SMILES string of the molecule is COCCOc1ccc(-c2ncc(CC3CC3)nc2N2CCC(C(=O)O)CC2)cc1. The summed E-state index contributed by atoms with van der Waals surface area (Å²) in [6.45, 7) is 2.43. The van der Waals surface area contributed by atoms with Gasteiger partial charge in [0.2, 0.25) is 0 Å². The Balaban J connectivity index is 1.56. The predicted molar refractivity (Wildman–Crippen MR) is 114 cm³/mol. The van der Waals surface area contributed by atoms with Crippen molar-refractivity contribution < 1.29 is 19.4 Å². The summed E-state index contributed by atoms with van der Waals surface area (Å²) in [5, 5.41) is 9.32. The number of aromatic nitrogens is 2. The maximum absolute atomic E-state index is 11.3. The molecule has 1 aromatic carbocycles. The highest BCUT2D eigenvalue weighted by Crippen LogP contribution is 2.35. The lowest BCUT2D eigenvalue weighted by Gasteiger charge is -2.32. The fourth-order valence-corrected chi connectivity index (χ4v) is 3.84. The average molecular weight is 412 g/mol. The molecular formula is C23H29N3O4. The minimum absolute atomic E-state index is 0.268. The molecule has 2 fully saturated rings. The smallest absolute Gasteiger partial charge is 0.306 e. The van der Waals surface area contributed by atoms with Crippen molar-refractivity contribution in [2.75, 3.05) is 38.3 Å². The molecule has 0 radical (unpaired) electrons. The van der Waals surface area contributed by atoms with Gasteiger partial charge in [-0.15, -0.1) is 0 Å². The molecule has 1 aromatic heterocycles. The van der Waals surface area contributed by atoms with Gasteiger partial charge in [0.1, 0.15) is 18.1 Å². The van der Waals surface area contributed by atoms with E-state index in [0.717, 1.165) is 40.9 Å². The molecule has 30 heavy (non-hydrogen) atoms. The molecule has 7 heteroatoms. The van der Waals surface area contributed by atoms with Gasteiger partial charge in [0.25, 0.3) is 0 Å². The summed E-state index contributed by atoms with van der Waals surface area (Å²) in [6.07, 6.45) is 6.67. The number of anilines is 1. The van der Waals surface area contributed by atoms with Crippen molar-refractivity contribution in [3.8, 4) is 17.0 Å². The number of piperidine rings is 1. The van der Waals surface area contributed by atoms with Gasteiger partial charge in [-0.1, -0.05) is 0 Å². The van der Waals surface area contributed by atoms with Gasteiger partial charge in [-0.3, -0.25) is 9.78 Å². The number of methoxy groups -OCH3 is 1. The van der Waals surface area contributed by atoms with E-state index in [-0.39, 0.29) is 5.92 Å². The fourth-order valence-electron chi connectivity index (χ4n) is 3.84. The first-order valence-corrected chi connectivity index (χ1v) is 10.7. The molecule has 2 aliphatic rings. The molecule has 1 aliphatic carbocycles. The molecule has 2 aromatic rings. The topological polar surface area (TPSA) is 84.8 Å². The average Bonchev–Trinajstić information content (AvgIpc) is 3.59. The highest BCUT2D eigenvalue weighted by atomic mass is 16.5. The number of hydrogen-bond donors (Lipinski definition) is 1. The lowest BCUT2D eigenvalue weighted by molar-refractivity contribution is -0.142. The Morgan fingerprint density at radius 2 is 1.87 bits per heavy atom. The van der Waals surface area contributed by atoms with Crippen molar-refractivity contribution in [2.45, 2.75) is 32.1 Å². The largest absolute Gasteiger partial charge is 0.491 e. The molecule has 0 spiro atoms. The second-order valence-corrected chi connectivity index (χ2v) is 8.15. The van der Waals surface area contributed by atoms with Crippen molar-refractivity contribution in [1.82, 2.24) is 9.97 Å². The summed E-state index contributed by atoms with van der Waals surface area (Å²) in [7, 11) is 1.65. The van der Waals surface area contributed by atoms with Gasteiger partial charge >= 0.3 is 5.97 Å². The number of ether oxygens (including phenoxy) is 2. The normalized spacial score (nSPS) is 17.2. The lowest BCUT2D eigenvalue weighted by Crippen LogP contribution is -2.37. The first-order valence-electron chi connectivity index (χ1n) is 10.7. The van der Waals surface area contributed by atoms with Crippen molar-refractivity contribution in [3.63, 3.8) is 0 Å². The first-order chi connectivity index (χ1) is 14.6. The van der Waals surface area contributed by atoms with Crippen LogP contribution in [0.25, 0.3) is 11.3 Å². The summed E-state index contributed by atoms with van der Waals surface area (Å²) in [5.74, 6) is 1.42. The van der Waals surface area contributed by atoms with E-state index in [0.29, 0.717) is 39.1 Å². The minimum atomic E-state index is -0.701. The van der Waals surface area contributed by atoms with E-state index in [9.17, 15) is 9.90 Å². The van der Waals surface area contributed by atoms with Gasteiger partial charge in [-0.25, -0.2) is 4.98 Å². The Hall–Kier alpha value is -2.67. The summed E-state index contributed by atoms with van der Waals surface area (Å²) < 4.78 is 10.7. The highest BCUT2D eigenvalue weighted by molar-refractivity contribution is 5.74. The number of carboxylic acid groups (broad SMARTS) is 1. The third-order valence-electron chi connectivity index (χ3n) is 5.83. The monoisotopic (exact) mass is 411 g/mol. The van der Waals surface area contributed by atoms with Crippen LogP contribution in [0.4, 0.5) is 5.82 Å². The minimum Gasteiger partial charge on any atom is -0.491 e. The Labute approximate surface area is 177 Å². The second-order valence-electron chi connectivity index (χ2n) is 8.15. The van der Waals surface area contributed by atoms with Gasteiger partial charge in [-0.05, 0) is 62.3 Å². The molecule has 0 bridgehead atoms. The molecule has 2 heterocycles. The summed E-state index contributed by atoms with van der Waals surface area (Å²) >= 11 is 0. The van der Waals surface area contributed by atoms with E-state index in [1.807, 2.05) is 30.5 Å². The van der Waals surface area contributed by atoms with Crippen LogP contribution in [0, 0.1) is 11.8 Å². The van der Waals surface area contributed by atoms with Crippen LogP contribution in [-0.2, 0) is 16.0 Å². The van der Waals surface area contributed by atoms with E-state index in [1.165, 1.54) is 12.8 Å². The van der Waals surface area contributed by atoms with Crippen molar-refractivity contribution >= 4 is 11.8 Å². The zero-order valence-corrected chi connectivity index (χ0v) is 17.4. The van der Waals surface area contributed by atoms with Crippen LogP contribution in [-0.4, -0.2) is 54.5 Å².